The van der Waals surface area contributed by atoms with Gasteiger partial charge >= 0.3 is 6.09 Å². The molecule has 0 unspecified atom stereocenters. The van der Waals surface area contributed by atoms with Gasteiger partial charge in [0, 0.05) is 25.6 Å². The second kappa shape index (κ2) is 6.81. The highest BCUT2D eigenvalue weighted by molar-refractivity contribution is 5.79. The van der Waals surface area contributed by atoms with E-state index >= 15 is 0 Å². The van der Waals surface area contributed by atoms with E-state index in [2.05, 4.69) is 23.5 Å². The first-order valence-corrected chi connectivity index (χ1v) is 8.00. The van der Waals surface area contributed by atoms with Gasteiger partial charge in [-0.1, -0.05) is 24.3 Å². The summed E-state index contributed by atoms with van der Waals surface area (Å²) in [6.45, 7) is 2.23. The van der Waals surface area contributed by atoms with Crippen molar-refractivity contribution in [2.24, 2.45) is 5.92 Å². The first-order valence-electron chi connectivity index (χ1n) is 8.00. The predicted molar refractivity (Wildman–Crippen MR) is 82.5 cm³/mol. The minimum absolute atomic E-state index is 0.0446. The molecule has 0 bridgehead atoms. The molecule has 0 radical (unpaired) electrons. The summed E-state index contributed by atoms with van der Waals surface area (Å²) in [5.74, 6) is 0.142. The molecular weight excluding hydrogens is 280 g/mol. The molecule has 2 aliphatic rings. The van der Waals surface area contributed by atoms with Gasteiger partial charge in [0.2, 0.25) is 5.91 Å². The number of hydrogen-bond donors (Lipinski definition) is 1. The Balaban J connectivity index is 1.46. The number of nitrogens with zero attached hydrogens (tertiary/aromatic N) is 1. The summed E-state index contributed by atoms with van der Waals surface area (Å²) >= 11 is 0. The largest absolute Gasteiger partial charge is 0.449 e. The Morgan fingerprint density at radius 2 is 2.14 bits per heavy atom. The van der Waals surface area contributed by atoms with E-state index in [1.54, 1.807) is 4.90 Å². The number of cyclic esters (lactones) is 1. The van der Waals surface area contributed by atoms with Gasteiger partial charge in [0.15, 0.2) is 0 Å². The summed E-state index contributed by atoms with van der Waals surface area (Å²) in [4.78, 5) is 25.4. The average Bonchev–Trinajstić information content (AvgIpc) is 2.56. The highest BCUT2D eigenvalue weighted by Crippen LogP contribution is 2.25. The number of hydrogen-bond acceptors (Lipinski definition) is 3. The van der Waals surface area contributed by atoms with Gasteiger partial charge in [-0.2, -0.15) is 0 Å². The Hall–Kier alpha value is -2.04. The van der Waals surface area contributed by atoms with Crippen LogP contribution in [0.1, 0.15) is 24.0 Å². The third-order valence-corrected chi connectivity index (χ3v) is 4.45. The Labute approximate surface area is 130 Å². The van der Waals surface area contributed by atoms with Crippen molar-refractivity contribution in [3.05, 3.63) is 35.4 Å². The monoisotopic (exact) mass is 302 g/mol. The highest BCUT2D eigenvalue weighted by atomic mass is 16.6. The molecule has 118 valence electrons. The number of amides is 2. The molecular formula is C17H22N2O3. The average molecular weight is 302 g/mol. The normalized spacial score (nSPS) is 21.0. The lowest BCUT2D eigenvalue weighted by Gasteiger charge is -2.27. The quantitative estimate of drug-likeness (QED) is 0.922. The van der Waals surface area contributed by atoms with Gasteiger partial charge in [0.1, 0.15) is 0 Å². The van der Waals surface area contributed by atoms with Crippen LogP contribution in [0.4, 0.5) is 4.79 Å². The van der Waals surface area contributed by atoms with Crippen molar-refractivity contribution in [3.8, 4) is 0 Å². The maximum Gasteiger partial charge on any atom is 0.409 e. The van der Waals surface area contributed by atoms with Gasteiger partial charge in [-0.05, 0) is 36.8 Å². The molecule has 1 aromatic rings. The number of nitrogens with one attached hydrogen (secondary N) is 1. The SMILES string of the molecule is O=C(NCCN1CCCOC1=O)[C@H]1CCc2ccccc2C1. The van der Waals surface area contributed by atoms with Crippen LogP contribution in [0.2, 0.25) is 0 Å². The lowest BCUT2D eigenvalue weighted by atomic mass is 9.83. The van der Waals surface area contributed by atoms with Crippen LogP contribution in [0.25, 0.3) is 0 Å². The summed E-state index contributed by atoms with van der Waals surface area (Å²) in [5, 5.41) is 2.96. The zero-order chi connectivity index (χ0) is 15.4. The fourth-order valence-electron chi connectivity index (χ4n) is 3.18. The van der Waals surface area contributed by atoms with Gasteiger partial charge in [-0.3, -0.25) is 4.79 Å². The van der Waals surface area contributed by atoms with E-state index in [9.17, 15) is 9.59 Å². The minimum atomic E-state index is -0.271. The standard InChI is InChI=1S/C17H22N2O3/c20-16(18-8-10-19-9-3-11-22-17(19)21)15-7-6-13-4-1-2-5-14(13)12-15/h1-2,4-5,15H,3,6-12H2,(H,18,20)/t15-/m0/s1. The number of carbonyl (C=O) groups excluding carboxylic acids is 2. The number of benzene rings is 1. The molecule has 0 aromatic heterocycles. The first-order chi connectivity index (χ1) is 10.7. The van der Waals surface area contributed by atoms with E-state index in [-0.39, 0.29) is 17.9 Å². The Morgan fingerprint density at radius 1 is 1.32 bits per heavy atom. The van der Waals surface area contributed by atoms with Gasteiger partial charge in [0.25, 0.3) is 0 Å². The molecule has 1 fully saturated rings. The topological polar surface area (TPSA) is 58.6 Å². The summed E-state index contributed by atoms with van der Waals surface area (Å²) in [6.07, 6.45) is 3.26. The van der Waals surface area contributed by atoms with Crippen molar-refractivity contribution in [1.82, 2.24) is 10.2 Å². The van der Waals surface area contributed by atoms with Crippen LogP contribution in [-0.4, -0.2) is 43.1 Å². The molecule has 1 atom stereocenters. The molecule has 22 heavy (non-hydrogen) atoms. The van der Waals surface area contributed by atoms with E-state index < -0.39 is 0 Å². The number of ether oxygens (including phenoxy) is 1. The second-order valence-corrected chi connectivity index (χ2v) is 5.95. The predicted octanol–water partition coefficient (Wildman–Crippen LogP) is 1.75. The van der Waals surface area contributed by atoms with Gasteiger partial charge in [-0.15, -0.1) is 0 Å². The molecule has 3 rings (SSSR count). The second-order valence-electron chi connectivity index (χ2n) is 5.95. The number of fused-ring (bicyclic) bond motifs is 1. The van der Waals surface area contributed by atoms with Gasteiger partial charge in [-0.25, -0.2) is 4.79 Å². The minimum Gasteiger partial charge on any atom is -0.449 e. The van der Waals surface area contributed by atoms with E-state index in [0.29, 0.717) is 26.2 Å². The maximum atomic E-state index is 12.3. The van der Waals surface area contributed by atoms with Crippen LogP contribution in [0.3, 0.4) is 0 Å². The van der Waals surface area contributed by atoms with E-state index in [0.717, 1.165) is 25.7 Å². The number of aryl methyl sites for hydroxylation is 1. The van der Waals surface area contributed by atoms with Crippen molar-refractivity contribution in [3.63, 3.8) is 0 Å². The summed E-state index contributed by atoms with van der Waals surface area (Å²) in [7, 11) is 0. The van der Waals surface area contributed by atoms with E-state index in [4.69, 9.17) is 4.74 Å². The van der Waals surface area contributed by atoms with Crippen LogP contribution < -0.4 is 5.32 Å². The molecule has 1 aliphatic carbocycles. The van der Waals surface area contributed by atoms with Crippen molar-refractivity contribution in [1.29, 1.82) is 0 Å². The van der Waals surface area contributed by atoms with Crippen LogP contribution in [-0.2, 0) is 22.4 Å². The molecule has 0 spiro atoms. The highest BCUT2D eigenvalue weighted by Gasteiger charge is 2.25. The molecule has 1 aromatic carbocycles. The van der Waals surface area contributed by atoms with Crippen LogP contribution >= 0.6 is 0 Å². The summed E-state index contributed by atoms with van der Waals surface area (Å²) in [6, 6.07) is 8.34. The van der Waals surface area contributed by atoms with E-state index in [1.807, 2.05) is 6.07 Å². The molecule has 1 heterocycles. The Bertz CT molecular complexity index is 559. The molecule has 1 N–H and O–H groups in total. The smallest absolute Gasteiger partial charge is 0.409 e. The molecule has 0 saturated carbocycles. The first kappa shape index (κ1) is 14.9. The lowest BCUT2D eigenvalue weighted by molar-refractivity contribution is -0.125. The van der Waals surface area contributed by atoms with Gasteiger partial charge < -0.3 is 15.0 Å². The molecule has 1 saturated heterocycles. The fraction of sp³-hybridized carbons (Fsp3) is 0.529. The number of rotatable bonds is 4. The zero-order valence-corrected chi connectivity index (χ0v) is 12.7. The molecule has 2 amide bonds. The third kappa shape index (κ3) is 3.40. The summed E-state index contributed by atoms with van der Waals surface area (Å²) < 4.78 is 4.98. The van der Waals surface area contributed by atoms with Crippen LogP contribution in [0.15, 0.2) is 24.3 Å². The van der Waals surface area contributed by atoms with Crippen LogP contribution in [0.5, 0.6) is 0 Å². The van der Waals surface area contributed by atoms with E-state index in [1.165, 1.54) is 11.1 Å². The molecule has 5 nitrogen and oxygen atoms in total. The summed E-state index contributed by atoms with van der Waals surface area (Å²) in [5.41, 5.74) is 2.65. The lowest BCUT2D eigenvalue weighted by Crippen LogP contribution is -2.43. The zero-order valence-electron chi connectivity index (χ0n) is 12.7. The number of carbonyl (C=O) groups is 2. The van der Waals surface area contributed by atoms with Crippen molar-refractivity contribution >= 4 is 12.0 Å². The van der Waals surface area contributed by atoms with Crippen molar-refractivity contribution < 1.29 is 14.3 Å². The maximum absolute atomic E-state index is 12.3. The Morgan fingerprint density at radius 3 is 2.95 bits per heavy atom. The van der Waals surface area contributed by atoms with Crippen molar-refractivity contribution in [2.45, 2.75) is 25.7 Å². The fourth-order valence-corrected chi connectivity index (χ4v) is 3.18. The van der Waals surface area contributed by atoms with Crippen molar-refractivity contribution in [2.75, 3.05) is 26.2 Å². The van der Waals surface area contributed by atoms with Gasteiger partial charge in [0.05, 0.1) is 6.61 Å². The Kier molecular flexibility index (Phi) is 4.61. The third-order valence-electron chi connectivity index (χ3n) is 4.45. The molecule has 1 aliphatic heterocycles. The molecule has 5 heteroatoms. The van der Waals surface area contributed by atoms with Crippen LogP contribution in [0, 0.1) is 5.92 Å².